The van der Waals surface area contributed by atoms with E-state index in [-0.39, 0.29) is 11.9 Å². The largest absolute Gasteiger partial charge is 0.497 e. The monoisotopic (exact) mass is 277 g/mol. The summed E-state index contributed by atoms with van der Waals surface area (Å²) in [6, 6.07) is 7.08. The predicted molar refractivity (Wildman–Crippen MR) is 76.8 cm³/mol. The zero-order chi connectivity index (χ0) is 13.7. The molecule has 1 amide bonds. The summed E-state index contributed by atoms with van der Waals surface area (Å²) in [7, 11) is 1.61. The van der Waals surface area contributed by atoms with Crippen LogP contribution in [0.25, 0.3) is 0 Å². The average Bonchev–Trinajstić information content (AvgIpc) is 2.91. The van der Waals surface area contributed by atoms with Gasteiger partial charge in [-0.15, -0.1) is 11.3 Å². The van der Waals surface area contributed by atoms with E-state index in [0.29, 0.717) is 5.13 Å². The highest BCUT2D eigenvalue weighted by molar-refractivity contribution is 7.13. The number of ether oxygens (including phenoxy) is 1. The third-order valence-electron chi connectivity index (χ3n) is 2.51. The van der Waals surface area contributed by atoms with E-state index in [2.05, 4.69) is 15.6 Å². The number of aromatic nitrogens is 1. The van der Waals surface area contributed by atoms with Crippen molar-refractivity contribution >= 4 is 28.1 Å². The number of anilines is 2. The molecule has 0 radical (unpaired) electrons. The van der Waals surface area contributed by atoms with Crippen LogP contribution in [0.4, 0.5) is 10.8 Å². The number of carbonyl (C=O) groups excluding carboxylic acids is 1. The molecule has 0 saturated carbocycles. The third kappa shape index (κ3) is 3.69. The van der Waals surface area contributed by atoms with E-state index in [0.717, 1.165) is 11.4 Å². The first-order valence-electron chi connectivity index (χ1n) is 5.80. The van der Waals surface area contributed by atoms with Crippen LogP contribution >= 0.6 is 11.3 Å². The van der Waals surface area contributed by atoms with E-state index in [4.69, 9.17) is 4.74 Å². The second kappa shape index (κ2) is 6.19. The summed E-state index contributed by atoms with van der Waals surface area (Å²) in [6.07, 6.45) is 1.65. The Bertz CT molecular complexity index is 543. The minimum Gasteiger partial charge on any atom is -0.497 e. The summed E-state index contributed by atoms with van der Waals surface area (Å²) in [5.41, 5.74) is 0.834. The first-order valence-corrected chi connectivity index (χ1v) is 6.68. The van der Waals surface area contributed by atoms with E-state index >= 15 is 0 Å². The Labute approximate surface area is 115 Å². The molecule has 19 heavy (non-hydrogen) atoms. The molecule has 2 N–H and O–H groups in total. The maximum atomic E-state index is 11.9. The molecule has 2 aromatic rings. The molecule has 100 valence electrons. The van der Waals surface area contributed by atoms with Gasteiger partial charge in [0.1, 0.15) is 11.8 Å². The molecule has 1 aromatic heterocycles. The van der Waals surface area contributed by atoms with Crippen LogP contribution < -0.4 is 15.4 Å². The normalized spacial score (nSPS) is 11.7. The molecule has 5 nitrogen and oxygen atoms in total. The Hall–Kier alpha value is -2.08. The summed E-state index contributed by atoms with van der Waals surface area (Å²) in [5.74, 6) is 0.621. The van der Waals surface area contributed by atoms with Crippen LogP contribution in [-0.4, -0.2) is 24.0 Å². The quantitative estimate of drug-likeness (QED) is 0.881. The maximum absolute atomic E-state index is 11.9. The maximum Gasteiger partial charge on any atom is 0.248 e. The molecule has 0 saturated heterocycles. The van der Waals surface area contributed by atoms with Gasteiger partial charge in [0.2, 0.25) is 5.91 Å². The highest BCUT2D eigenvalue weighted by atomic mass is 32.1. The topological polar surface area (TPSA) is 63.2 Å². The van der Waals surface area contributed by atoms with Crippen molar-refractivity contribution in [2.45, 2.75) is 13.0 Å². The number of thiazole rings is 1. The molecule has 1 aromatic carbocycles. The van der Waals surface area contributed by atoms with E-state index in [1.165, 1.54) is 11.3 Å². The van der Waals surface area contributed by atoms with Crippen molar-refractivity contribution in [3.05, 3.63) is 35.8 Å². The number of rotatable bonds is 5. The van der Waals surface area contributed by atoms with E-state index in [1.54, 1.807) is 20.2 Å². The molecule has 0 bridgehead atoms. The third-order valence-corrected chi connectivity index (χ3v) is 3.20. The van der Waals surface area contributed by atoms with Crippen molar-refractivity contribution in [1.82, 2.24) is 4.98 Å². The van der Waals surface area contributed by atoms with Gasteiger partial charge in [0.05, 0.1) is 7.11 Å². The average molecular weight is 277 g/mol. The lowest BCUT2D eigenvalue weighted by molar-refractivity contribution is -0.116. The van der Waals surface area contributed by atoms with E-state index in [1.807, 2.05) is 29.6 Å². The van der Waals surface area contributed by atoms with Gasteiger partial charge in [0.25, 0.3) is 0 Å². The lowest BCUT2D eigenvalue weighted by Gasteiger charge is -2.14. The van der Waals surface area contributed by atoms with Crippen LogP contribution in [0.5, 0.6) is 5.75 Å². The first-order chi connectivity index (χ1) is 9.19. The van der Waals surface area contributed by atoms with E-state index in [9.17, 15) is 4.79 Å². The van der Waals surface area contributed by atoms with Crippen LogP contribution in [-0.2, 0) is 4.79 Å². The zero-order valence-electron chi connectivity index (χ0n) is 10.7. The molecule has 1 atom stereocenters. The molecule has 0 aliphatic carbocycles. The predicted octanol–water partition coefficient (Wildman–Crippen LogP) is 2.59. The number of hydrogen-bond acceptors (Lipinski definition) is 5. The number of hydrogen-bond donors (Lipinski definition) is 2. The van der Waals surface area contributed by atoms with Crippen molar-refractivity contribution in [1.29, 1.82) is 0 Å². The second-order valence-corrected chi connectivity index (χ2v) is 4.82. The Morgan fingerprint density at radius 3 is 3.00 bits per heavy atom. The summed E-state index contributed by atoms with van der Waals surface area (Å²) in [6.45, 7) is 1.79. The SMILES string of the molecule is COc1cccc(N[C@H](C)C(=O)Nc2nccs2)c1. The number of benzene rings is 1. The lowest BCUT2D eigenvalue weighted by Crippen LogP contribution is -2.31. The molecule has 0 spiro atoms. The van der Waals surface area contributed by atoms with Gasteiger partial charge < -0.3 is 15.4 Å². The van der Waals surface area contributed by atoms with Crippen LogP contribution in [0.15, 0.2) is 35.8 Å². The van der Waals surface area contributed by atoms with Gasteiger partial charge in [0, 0.05) is 23.3 Å². The van der Waals surface area contributed by atoms with Gasteiger partial charge in [0.15, 0.2) is 5.13 Å². The number of amides is 1. The van der Waals surface area contributed by atoms with Crippen LogP contribution in [0.2, 0.25) is 0 Å². The molecule has 1 heterocycles. The van der Waals surface area contributed by atoms with Crippen molar-refractivity contribution in [3.63, 3.8) is 0 Å². The standard InChI is InChI=1S/C13H15N3O2S/c1-9(12(17)16-13-14-6-7-19-13)15-10-4-3-5-11(8-10)18-2/h3-9,15H,1-2H3,(H,14,16,17)/t9-/m1/s1. The Morgan fingerprint density at radius 2 is 2.32 bits per heavy atom. The summed E-state index contributed by atoms with van der Waals surface area (Å²) in [4.78, 5) is 15.9. The molecule has 0 unspecified atom stereocenters. The number of nitrogens with one attached hydrogen (secondary N) is 2. The fraction of sp³-hybridized carbons (Fsp3) is 0.231. The number of methoxy groups -OCH3 is 1. The van der Waals surface area contributed by atoms with Crippen molar-refractivity contribution in [2.75, 3.05) is 17.7 Å². The van der Waals surface area contributed by atoms with Gasteiger partial charge in [-0.25, -0.2) is 4.98 Å². The number of nitrogens with zero attached hydrogens (tertiary/aromatic N) is 1. The highest BCUT2D eigenvalue weighted by Gasteiger charge is 2.13. The second-order valence-electron chi connectivity index (χ2n) is 3.92. The van der Waals surface area contributed by atoms with Crippen molar-refractivity contribution in [2.24, 2.45) is 0 Å². The summed E-state index contributed by atoms with van der Waals surface area (Å²) >= 11 is 1.39. The molecule has 6 heteroatoms. The first kappa shape index (κ1) is 13.4. The molecule has 0 aliphatic rings. The molecule has 0 fully saturated rings. The molecule has 0 aliphatic heterocycles. The lowest BCUT2D eigenvalue weighted by atomic mass is 10.2. The molecular formula is C13H15N3O2S. The smallest absolute Gasteiger partial charge is 0.248 e. The fourth-order valence-electron chi connectivity index (χ4n) is 1.53. The van der Waals surface area contributed by atoms with Gasteiger partial charge in [-0.1, -0.05) is 6.07 Å². The molecular weight excluding hydrogens is 262 g/mol. The number of carbonyl (C=O) groups is 1. The van der Waals surface area contributed by atoms with Gasteiger partial charge in [-0.05, 0) is 19.1 Å². The Balaban J connectivity index is 1.96. The van der Waals surface area contributed by atoms with E-state index < -0.39 is 0 Å². The Morgan fingerprint density at radius 1 is 1.47 bits per heavy atom. The Kier molecular flexibility index (Phi) is 4.35. The highest BCUT2D eigenvalue weighted by Crippen LogP contribution is 2.18. The minimum absolute atomic E-state index is 0.127. The van der Waals surface area contributed by atoms with Crippen LogP contribution in [0.1, 0.15) is 6.92 Å². The molecule has 2 rings (SSSR count). The van der Waals surface area contributed by atoms with Gasteiger partial charge in [-0.2, -0.15) is 0 Å². The van der Waals surface area contributed by atoms with Gasteiger partial charge >= 0.3 is 0 Å². The van der Waals surface area contributed by atoms with Gasteiger partial charge in [-0.3, -0.25) is 4.79 Å². The minimum atomic E-state index is -0.365. The van der Waals surface area contributed by atoms with Crippen LogP contribution in [0, 0.1) is 0 Å². The summed E-state index contributed by atoms with van der Waals surface area (Å²) < 4.78 is 5.13. The zero-order valence-corrected chi connectivity index (χ0v) is 11.5. The van der Waals surface area contributed by atoms with Crippen molar-refractivity contribution < 1.29 is 9.53 Å². The fourth-order valence-corrected chi connectivity index (χ4v) is 2.06. The van der Waals surface area contributed by atoms with Crippen LogP contribution in [0.3, 0.4) is 0 Å². The summed E-state index contributed by atoms with van der Waals surface area (Å²) in [5, 5.41) is 8.28. The van der Waals surface area contributed by atoms with Crippen molar-refractivity contribution in [3.8, 4) is 5.75 Å².